The summed E-state index contributed by atoms with van der Waals surface area (Å²) in [6, 6.07) is 11.4. The fraction of sp³-hybridized carbons (Fsp3) is 0.158. The van der Waals surface area contributed by atoms with E-state index in [2.05, 4.69) is 25.4 Å². The molecule has 1 N–H and O–H groups in total. The van der Waals surface area contributed by atoms with Crippen molar-refractivity contribution in [2.75, 3.05) is 5.32 Å². The van der Waals surface area contributed by atoms with E-state index < -0.39 is 18.0 Å². The Labute approximate surface area is 169 Å². The Hall–Kier alpha value is -3.66. The van der Waals surface area contributed by atoms with E-state index in [9.17, 15) is 9.59 Å². The average molecular weight is 408 g/mol. The summed E-state index contributed by atoms with van der Waals surface area (Å²) in [7, 11) is 0. The van der Waals surface area contributed by atoms with Crippen molar-refractivity contribution < 1.29 is 14.3 Å². The van der Waals surface area contributed by atoms with E-state index in [0.717, 1.165) is 17.0 Å². The van der Waals surface area contributed by atoms with Gasteiger partial charge in [0.1, 0.15) is 0 Å². The number of benzene rings is 1. The van der Waals surface area contributed by atoms with Crippen LogP contribution in [0.4, 0.5) is 5.13 Å². The molecular weight excluding hydrogens is 392 g/mol. The van der Waals surface area contributed by atoms with Gasteiger partial charge in [0.05, 0.1) is 5.69 Å². The molecule has 0 aliphatic heterocycles. The van der Waals surface area contributed by atoms with Gasteiger partial charge in [-0.05, 0) is 19.9 Å². The molecule has 29 heavy (non-hydrogen) atoms. The SMILES string of the molecule is Cc1ccnc2nc(C(=O)O[C@@H](C)C(=O)Nc3nc(-c4ccccc4)cs3)nn12. The molecule has 1 aromatic carbocycles. The monoisotopic (exact) mass is 408 g/mol. The molecule has 4 rings (SSSR count). The van der Waals surface area contributed by atoms with Crippen LogP contribution >= 0.6 is 11.3 Å². The predicted molar refractivity (Wildman–Crippen MR) is 107 cm³/mol. The minimum absolute atomic E-state index is 0.160. The Bertz CT molecular complexity index is 1190. The lowest BCUT2D eigenvalue weighted by Gasteiger charge is -2.10. The molecule has 0 bridgehead atoms. The zero-order chi connectivity index (χ0) is 20.4. The number of nitrogens with zero attached hydrogens (tertiary/aromatic N) is 5. The number of anilines is 1. The van der Waals surface area contributed by atoms with E-state index >= 15 is 0 Å². The number of fused-ring (bicyclic) bond motifs is 1. The number of aryl methyl sites for hydroxylation is 1. The lowest BCUT2D eigenvalue weighted by Crippen LogP contribution is -2.30. The largest absolute Gasteiger partial charge is 0.447 e. The maximum absolute atomic E-state index is 12.4. The first-order valence-electron chi connectivity index (χ1n) is 8.72. The number of amides is 1. The highest BCUT2D eigenvalue weighted by atomic mass is 32.1. The smallest absolute Gasteiger partial charge is 0.379 e. The molecule has 0 saturated carbocycles. The van der Waals surface area contributed by atoms with Gasteiger partial charge in [-0.15, -0.1) is 16.4 Å². The maximum atomic E-state index is 12.4. The Morgan fingerprint density at radius 2 is 1.97 bits per heavy atom. The summed E-state index contributed by atoms with van der Waals surface area (Å²) in [6.07, 6.45) is 0.523. The molecule has 3 heterocycles. The number of rotatable bonds is 5. The second kappa shape index (κ2) is 7.76. The van der Waals surface area contributed by atoms with Gasteiger partial charge in [0.2, 0.25) is 0 Å². The number of hydrogen-bond acceptors (Lipinski definition) is 8. The number of ether oxygens (including phenoxy) is 1. The molecule has 0 radical (unpaired) electrons. The van der Waals surface area contributed by atoms with Gasteiger partial charge < -0.3 is 4.74 Å². The summed E-state index contributed by atoms with van der Waals surface area (Å²) in [6.45, 7) is 3.28. The lowest BCUT2D eigenvalue weighted by molar-refractivity contribution is -0.123. The van der Waals surface area contributed by atoms with Crippen molar-refractivity contribution in [2.45, 2.75) is 20.0 Å². The van der Waals surface area contributed by atoms with E-state index in [1.807, 2.05) is 42.6 Å². The van der Waals surface area contributed by atoms with Crippen molar-refractivity contribution in [2.24, 2.45) is 0 Å². The van der Waals surface area contributed by atoms with E-state index in [1.54, 1.807) is 12.3 Å². The van der Waals surface area contributed by atoms with Crippen molar-refractivity contribution in [3.8, 4) is 11.3 Å². The van der Waals surface area contributed by atoms with Crippen molar-refractivity contribution >= 4 is 34.1 Å². The predicted octanol–water partition coefficient (Wildman–Crippen LogP) is 2.74. The summed E-state index contributed by atoms with van der Waals surface area (Å²) in [4.78, 5) is 37.1. The standard InChI is InChI=1S/C19H16N6O3S/c1-11-8-9-20-18-22-15(24-25(11)18)17(27)28-12(2)16(26)23-19-21-14(10-29-19)13-6-4-3-5-7-13/h3-10,12H,1-2H3,(H,21,23,26)/t12-/m0/s1. The normalized spacial score (nSPS) is 11.9. The highest BCUT2D eigenvalue weighted by Crippen LogP contribution is 2.24. The molecule has 0 aliphatic rings. The van der Waals surface area contributed by atoms with Gasteiger partial charge in [-0.25, -0.2) is 19.3 Å². The molecule has 9 nitrogen and oxygen atoms in total. The van der Waals surface area contributed by atoms with Crippen molar-refractivity contribution in [3.63, 3.8) is 0 Å². The minimum Gasteiger partial charge on any atom is -0.447 e. The van der Waals surface area contributed by atoms with Crippen molar-refractivity contribution in [1.29, 1.82) is 0 Å². The van der Waals surface area contributed by atoms with E-state index in [-0.39, 0.29) is 11.6 Å². The second-order valence-electron chi connectivity index (χ2n) is 6.17. The third-order valence-corrected chi connectivity index (χ3v) is 4.83. The first-order chi connectivity index (χ1) is 14.0. The molecule has 1 atom stereocenters. The minimum atomic E-state index is -1.05. The summed E-state index contributed by atoms with van der Waals surface area (Å²) in [5.74, 6) is -1.18. The summed E-state index contributed by atoms with van der Waals surface area (Å²) in [5.41, 5.74) is 2.48. The van der Waals surface area contributed by atoms with Crippen LogP contribution in [-0.4, -0.2) is 42.5 Å². The van der Waals surface area contributed by atoms with Crippen LogP contribution in [0.25, 0.3) is 17.0 Å². The Kier molecular flexibility index (Phi) is 5.00. The molecule has 0 aliphatic carbocycles. The van der Waals surface area contributed by atoms with Crippen LogP contribution in [0.3, 0.4) is 0 Å². The average Bonchev–Trinajstić information content (AvgIpc) is 3.36. The highest BCUT2D eigenvalue weighted by Gasteiger charge is 2.23. The molecule has 4 aromatic rings. The summed E-state index contributed by atoms with van der Waals surface area (Å²) in [5, 5.41) is 8.99. The Balaban J connectivity index is 1.41. The van der Waals surface area contributed by atoms with Gasteiger partial charge in [0.15, 0.2) is 11.2 Å². The first kappa shape index (κ1) is 18.7. The van der Waals surface area contributed by atoms with Crippen molar-refractivity contribution in [1.82, 2.24) is 24.6 Å². The quantitative estimate of drug-likeness (QED) is 0.505. The third-order valence-electron chi connectivity index (χ3n) is 4.07. The highest BCUT2D eigenvalue weighted by molar-refractivity contribution is 7.14. The summed E-state index contributed by atoms with van der Waals surface area (Å²) < 4.78 is 6.62. The molecule has 10 heteroatoms. The first-order valence-corrected chi connectivity index (χ1v) is 9.60. The van der Waals surface area contributed by atoms with Crippen LogP contribution in [0.5, 0.6) is 0 Å². The Morgan fingerprint density at radius 1 is 1.17 bits per heavy atom. The van der Waals surface area contributed by atoms with E-state index in [0.29, 0.717) is 5.13 Å². The number of thiazole rings is 1. The van der Waals surface area contributed by atoms with Gasteiger partial charge in [-0.1, -0.05) is 30.3 Å². The van der Waals surface area contributed by atoms with Crippen molar-refractivity contribution in [3.05, 3.63) is 59.5 Å². The van der Waals surface area contributed by atoms with Crippen LogP contribution in [0.1, 0.15) is 23.2 Å². The number of hydrogen-bond donors (Lipinski definition) is 1. The Morgan fingerprint density at radius 3 is 2.72 bits per heavy atom. The molecule has 1 amide bonds. The van der Waals surface area contributed by atoms with Gasteiger partial charge in [-0.3, -0.25) is 10.1 Å². The number of aromatic nitrogens is 5. The van der Waals surface area contributed by atoms with E-state index in [1.165, 1.54) is 22.8 Å². The maximum Gasteiger partial charge on any atom is 0.379 e. The zero-order valence-electron chi connectivity index (χ0n) is 15.6. The fourth-order valence-electron chi connectivity index (χ4n) is 2.54. The van der Waals surface area contributed by atoms with Gasteiger partial charge in [-0.2, -0.15) is 4.98 Å². The fourth-order valence-corrected chi connectivity index (χ4v) is 3.26. The molecule has 0 spiro atoms. The molecule has 0 unspecified atom stereocenters. The van der Waals surface area contributed by atoms with Crippen LogP contribution in [-0.2, 0) is 9.53 Å². The van der Waals surface area contributed by atoms with Crippen LogP contribution in [0, 0.1) is 6.92 Å². The molecule has 146 valence electrons. The van der Waals surface area contributed by atoms with Gasteiger partial charge in [0.25, 0.3) is 17.5 Å². The molecular formula is C19H16N6O3S. The van der Waals surface area contributed by atoms with Crippen LogP contribution in [0.15, 0.2) is 48.0 Å². The number of nitrogens with one attached hydrogen (secondary N) is 1. The molecule has 3 aromatic heterocycles. The molecule has 0 saturated heterocycles. The van der Waals surface area contributed by atoms with Gasteiger partial charge >= 0.3 is 5.97 Å². The van der Waals surface area contributed by atoms with Crippen LogP contribution in [0.2, 0.25) is 0 Å². The number of carbonyl (C=O) groups excluding carboxylic acids is 2. The van der Waals surface area contributed by atoms with E-state index in [4.69, 9.17) is 4.74 Å². The lowest BCUT2D eigenvalue weighted by atomic mass is 10.2. The third kappa shape index (κ3) is 3.97. The van der Waals surface area contributed by atoms with Gasteiger partial charge in [0, 0.05) is 22.8 Å². The second-order valence-corrected chi connectivity index (χ2v) is 7.03. The van der Waals surface area contributed by atoms with Crippen LogP contribution < -0.4 is 5.32 Å². The topological polar surface area (TPSA) is 111 Å². The zero-order valence-corrected chi connectivity index (χ0v) is 16.4. The summed E-state index contributed by atoms with van der Waals surface area (Å²) >= 11 is 1.29. The molecule has 0 fully saturated rings. The number of esters is 1. The number of carbonyl (C=O) groups is 2.